The Bertz CT molecular complexity index is 781. The number of aliphatic carboxylic acids is 1. The molecule has 1 saturated heterocycles. The molecule has 1 amide bonds. The van der Waals surface area contributed by atoms with Crippen LogP contribution in [0, 0.1) is 12.8 Å². The van der Waals surface area contributed by atoms with Crippen LogP contribution in [0.1, 0.15) is 37.6 Å². The summed E-state index contributed by atoms with van der Waals surface area (Å²) in [6.07, 6.45) is 3.58. The van der Waals surface area contributed by atoms with Crippen molar-refractivity contribution in [2.75, 3.05) is 6.54 Å². The molecular weight excluding hydrogens is 332 g/mol. The molecule has 0 bridgehead atoms. The van der Waals surface area contributed by atoms with Crippen LogP contribution in [0.2, 0.25) is 0 Å². The van der Waals surface area contributed by atoms with Crippen molar-refractivity contribution in [1.29, 1.82) is 0 Å². The van der Waals surface area contributed by atoms with Gasteiger partial charge in [0.05, 0.1) is 6.20 Å². The van der Waals surface area contributed by atoms with E-state index >= 15 is 0 Å². The van der Waals surface area contributed by atoms with Gasteiger partial charge in [-0.25, -0.2) is 9.78 Å². The van der Waals surface area contributed by atoms with Gasteiger partial charge < -0.3 is 14.4 Å². The molecule has 26 heavy (non-hydrogen) atoms. The van der Waals surface area contributed by atoms with Crippen LogP contribution in [0.3, 0.4) is 0 Å². The lowest BCUT2D eigenvalue weighted by Gasteiger charge is -2.36. The zero-order valence-corrected chi connectivity index (χ0v) is 15.1. The van der Waals surface area contributed by atoms with Crippen LogP contribution in [-0.4, -0.2) is 39.5 Å². The number of carbonyl (C=O) groups excluding carboxylic acids is 1. The predicted octanol–water partition coefficient (Wildman–Crippen LogP) is 3.29. The highest BCUT2D eigenvalue weighted by Gasteiger charge is 2.34. The fourth-order valence-corrected chi connectivity index (χ4v) is 3.31. The fourth-order valence-electron chi connectivity index (χ4n) is 3.31. The van der Waals surface area contributed by atoms with Crippen LogP contribution in [0.5, 0.6) is 0 Å². The number of benzene rings is 1. The molecular formula is C20H24N2O4. The first-order valence-electron chi connectivity index (χ1n) is 8.98. The standard InChI is InChI=1S/C20H24N2O4/c1-13-3-5-15(6-4-13)17-12-21-18(26-17)7-8-19(23)22-10-9-14(2)11-16(22)20(24)25/h3-6,12,14,16H,7-11H2,1-2H3,(H,24,25). The number of likely N-dealkylation sites (tertiary alicyclic amines) is 1. The van der Waals surface area contributed by atoms with Crippen molar-refractivity contribution in [2.45, 2.75) is 45.6 Å². The maximum Gasteiger partial charge on any atom is 0.326 e. The van der Waals surface area contributed by atoms with Gasteiger partial charge in [-0.2, -0.15) is 0 Å². The quantitative estimate of drug-likeness (QED) is 0.889. The Morgan fingerprint density at radius 2 is 2.04 bits per heavy atom. The second kappa shape index (κ2) is 7.72. The molecule has 0 aliphatic carbocycles. The van der Waals surface area contributed by atoms with Gasteiger partial charge in [0.1, 0.15) is 6.04 Å². The molecule has 0 saturated carbocycles. The number of carboxylic acid groups (broad SMARTS) is 1. The van der Waals surface area contributed by atoms with Crippen LogP contribution in [0.15, 0.2) is 34.9 Å². The maximum atomic E-state index is 12.5. The zero-order valence-electron chi connectivity index (χ0n) is 15.1. The van der Waals surface area contributed by atoms with E-state index in [2.05, 4.69) is 4.98 Å². The minimum Gasteiger partial charge on any atom is -0.480 e. The monoisotopic (exact) mass is 356 g/mol. The number of amides is 1. The minimum atomic E-state index is -0.928. The molecule has 1 aromatic carbocycles. The average Bonchev–Trinajstić information content (AvgIpc) is 3.09. The van der Waals surface area contributed by atoms with E-state index in [-0.39, 0.29) is 12.3 Å². The first-order chi connectivity index (χ1) is 12.4. The van der Waals surface area contributed by atoms with E-state index in [1.807, 2.05) is 38.1 Å². The van der Waals surface area contributed by atoms with Crippen LogP contribution >= 0.6 is 0 Å². The molecule has 1 N–H and O–H groups in total. The number of hydrogen-bond acceptors (Lipinski definition) is 4. The Balaban J connectivity index is 1.61. The molecule has 2 atom stereocenters. The predicted molar refractivity (Wildman–Crippen MR) is 96.5 cm³/mol. The molecule has 6 heteroatoms. The molecule has 1 aliphatic rings. The first kappa shape index (κ1) is 18.2. The molecule has 3 rings (SSSR count). The smallest absolute Gasteiger partial charge is 0.326 e. The van der Waals surface area contributed by atoms with Crippen LogP contribution in [-0.2, 0) is 16.0 Å². The van der Waals surface area contributed by atoms with Gasteiger partial charge in [0, 0.05) is 24.9 Å². The number of hydrogen-bond donors (Lipinski definition) is 1. The fraction of sp³-hybridized carbons (Fsp3) is 0.450. The summed E-state index contributed by atoms with van der Waals surface area (Å²) in [5.41, 5.74) is 2.11. The van der Waals surface area contributed by atoms with E-state index < -0.39 is 12.0 Å². The highest BCUT2D eigenvalue weighted by molar-refractivity contribution is 5.84. The number of carbonyl (C=O) groups is 2. The van der Waals surface area contributed by atoms with E-state index in [4.69, 9.17) is 4.42 Å². The Kier molecular flexibility index (Phi) is 5.40. The topological polar surface area (TPSA) is 83.6 Å². The Hall–Kier alpha value is -2.63. The third kappa shape index (κ3) is 4.12. The number of aryl methyl sites for hydroxylation is 2. The van der Waals surface area contributed by atoms with Gasteiger partial charge >= 0.3 is 5.97 Å². The molecule has 2 aromatic rings. The molecule has 1 aliphatic heterocycles. The number of rotatable bonds is 5. The highest BCUT2D eigenvalue weighted by Crippen LogP contribution is 2.25. The van der Waals surface area contributed by atoms with Gasteiger partial charge in [-0.05, 0) is 25.7 Å². The highest BCUT2D eigenvalue weighted by atomic mass is 16.4. The van der Waals surface area contributed by atoms with Crippen molar-refractivity contribution in [2.24, 2.45) is 5.92 Å². The van der Waals surface area contributed by atoms with Crippen LogP contribution in [0.4, 0.5) is 0 Å². The summed E-state index contributed by atoms with van der Waals surface area (Å²) in [5, 5.41) is 9.38. The van der Waals surface area contributed by atoms with Crippen LogP contribution in [0.25, 0.3) is 11.3 Å². The lowest BCUT2D eigenvalue weighted by molar-refractivity contribution is -0.153. The Labute approximate surface area is 152 Å². The van der Waals surface area contributed by atoms with Crippen molar-refractivity contribution in [1.82, 2.24) is 9.88 Å². The number of aromatic nitrogens is 1. The summed E-state index contributed by atoms with van der Waals surface area (Å²) in [6, 6.07) is 7.22. The molecule has 2 heterocycles. The van der Waals surface area contributed by atoms with Crippen LogP contribution < -0.4 is 0 Å². The molecule has 6 nitrogen and oxygen atoms in total. The maximum absolute atomic E-state index is 12.5. The summed E-state index contributed by atoms with van der Waals surface area (Å²) < 4.78 is 5.74. The van der Waals surface area contributed by atoms with Gasteiger partial charge in [0.15, 0.2) is 11.7 Å². The van der Waals surface area contributed by atoms with Gasteiger partial charge in [-0.3, -0.25) is 4.79 Å². The molecule has 1 aromatic heterocycles. The first-order valence-corrected chi connectivity index (χ1v) is 8.98. The normalized spacial score (nSPS) is 20.2. The molecule has 1 fully saturated rings. The summed E-state index contributed by atoms with van der Waals surface area (Å²) in [5.74, 6) is 0.403. The summed E-state index contributed by atoms with van der Waals surface area (Å²) >= 11 is 0. The molecule has 0 spiro atoms. The minimum absolute atomic E-state index is 0.153. The molecule has 2 unspecified atom stereocenters. The number of carboxylic acids is 1. The number of nitrogens with zero attached hydrogens (tertiary/aromatic N) is 2. The zero-order chi connectivity index (χ0) is 18.7. The molecule has 0 radical (unpaired) electrons. The van der Waals surface area contributed by atoms with E-state index in [9.17, 15) is 14.7 Å². The van der Waals surface area contributed by atoms with Crippen molar-refractivity contribution in [3.8, 4) is 11.3 Å². The van der Waals surface area contributed by atoms with Crippen molar-refractivity contribution >= 4 is 11.9 Å². The van der Waals surface area contributed by atoms with Crippen molar-refractivity contribution in [3.05, 3.63) is 41.9 Å². The van der Waals surface area contributed by atoms with Gasteiger partial charge in [-0.1, -0.05) is 36.8 Å². The number of piperidine rings is 1. The lowest BCUT2D eigenvalue weighted by Crippen LogP contribution is -2.49. The van der Waals surface area contributed by atoms with Gasteiger partial charge in [0.25, 0.3) is 0 Å². The lowest BCUT2D eigenvalue weighted by atomic mass is 9.92. The number of oxazole rings is 1. The second-order valence-corrected chi connectivity index (χ2v) is 7.05. The third-order valence-electron chi connectivity index (χ3n) is 4.91. The van der Waals surface area contributed by atoms with Crippen molar-refractivity contribution in [3.63, 3.8) is 0 Å². The second-order valence-electron chi connectivity index (χ2n) is 7.05. The SMILES string of the molecule is Cc1ccc(-c2cnc(CCC(=O)N3CCC(C)CC3C(=O)O)o2)cc1. The molecule has 138 valence electrons. The average molecular weight is 356 g/mol. The van der Waals surface area contributed by atoms with Crippen molar-refractivity contribution < 1.29 is 19.1 Å². The van der Waals surface area contributed by atoms with E-state index in [1.165, 1.54) is 10.5 Å². The Morgan fingerprint density at radius 3 is 2.73 bits per heavy atom. The van der Waals surface area contributed by atoms with E-state index in [0.717, 1.165) is 12.0 Å². The summed E-state index contributed by atoms with van der Waals surface area (Å²) in [4.78, 5) is 29.7. The van der Waals surface area contributed by atoms with E-state index in [1.54, 1.807) is 6.20 Å². The largest absolute Gasteiger partial charge is 0.480 e. The van der Waals surface area contributed by atoms with Gasteiger partial charge in [-0.15, -0.1) is 0 Å². The van der Waals surface area contributed by atoms with Gasteiger partial charge in [0.2, 0.25) is 5.91 Å². The summed E-state index contributed by atoms with van der Waals surface area (Å²) in [7, 11) is 0. The third-order valence-corrected chi connectivity index (χ3v) is 4.91. The Morgan fingerprint density at radius 1 is 1.31 bits per heavy atom. The summed E-state index contributed by atoms with van der Waals surface area (Å²) in [6.45, 7) is 4.54. The van der Waals surface area contributed by atoms with E-state index in [0.29, 0.717) is 37.0 Å².